The van der Waals surface area contributed by atoms with E-state index in [2.05, 4.69) is 10.6 Å². The van der Waals surface area contributed by atoms with Crippen molar-refractivity contribution in [3.8, 4) is 5.75 Å². The van der Waals surface area contributed by atoms with E-state index in [4.69, 9.17) is 16.3 Å². The summed E-state index contributed by atoms with van der Waals surface area (Å²) in [6.45, 7) is 0.886. The Morgan fingerprint density at radius 3 is 2.42 bits per heavy atom. The van der Waals surface area contributed by atoms with Crippen LogP contribution in [0.25, 0.3) is 0 Å². The zero-order valence-electron chi connectivity index (χ0n) is 18.3. The highest BCUT2D eigenvalue weighted by atomic mass is 35.5. The number of hydrogen-bond donors (Lipinski definition) is 2. The van der Waals surface area contributed by atoms with Gasteiger partial charge in [-0.25, -0.2) is 22.0 Å². The van der Waals surface area contributed by atoms with Crippen LogP contribution in [0.4, 0.5) is 19.3 Å². The van der Waals surface area contributed by atoms with Gasteiger partial charge in [0, 0.05) is 66.3 Å². The molecule has 0 bridgehead atoms. The molecule has 2 amide bonds. The van der Waals surface area contributed by atoms with E-state index in [1.54, 1.807) is 24.3 Å². The number of piperidine rings is 1. The number of amides is 2. The van der Waals surface area contributed by atoms with E-state index >= 15 is 0 Å². The molecule has 2 aromatic carbocycles. The molecule has 7 nitrogen and oxygen atoms in total. The van der Waals surface area contributed by atoms with Crippen LogP contribution in [0.3, 0.4) is 0 Å². The van der Waals surface area contributed by atoms with Crippen LogP contribution in [-0.2, 0) is 9.84 Å². The molecule has 33 heavy (non-hydrogen) atoms. The topological polar surface area (TPSA) is 87.7 Å². The minimum atomic E-state index is -3.20. The predicted octanol–water partition coefficient (Wildman–Crippen LogP) is 3.65. The van der Waals surface area contributed by atoms with Crippen LogP contribution in [0.15, 0.2) is 36.4 Å². The summed E-state index contributed by atoms with van der Waals surface area (Å²) in [5.41, 5.74) is 0.345. The first-order valence-electron chi connectivity index (χ1n) is 10.3. The van der Waals surface area contributed by atoms with Gasteiger partial charge < -0.3 is 20.3 Å². The molecule has 0 spiro atoms. The quantitative estimate of drug-likeness (QED) is 0.604. The minimum absolute atomic E-state index is 0.0449. The second kappa shape index (κ2) is 10.7. The van der Waals surface area contributed by atoms with Crippen LogP contribution >= 0.6 is 11.6 Å². The number of likely N-dealkylation sites (tertiary alicyclic amines) is 1. The summed E-state index contributed by atoms with van der Waals surface area (Å²) in [6, 6.07) is 7.61. The normalized spacial score (nSPS) is 19.2. The Kier molecular flexibility index (Phi) is 8.14. The van der Waals surface area contributed by atoms with E-state index in [0.29, 0.717) is 23.7 Å². The molecule has 0 aromatic heterocycles. The van der Waals surface area contributed by atoms with E-state index < -0.39 is 39.5 Å². The molecular formula is C22H26ClF2N3O4S. The number of ether oxygens (including phenoxy) is 1. The Hall–Kier alpha value is -2.43. The largest absolute Gasteiger partial charge is 0.497 e. The highest BCUT2D eigenvalue weighted by Crippen LogP contribution is 2.33. The van der Waals surface area contributed by atoms with Gasteiger partial charge in [0.05, 0.1) is 12.9 Å². The van der Waals surface area contributed by atoms with E-state index in [0.717, 1.165) is 18.4 Å². The minimum Gasteiger partial charge on any atom is -0.497 e. The first-order valence-corrected chi connectivity index (χ1v) is 12.8. The average Bonchev–Trinajstić information content (AvgIpc) is 2.74. The lowest BCUT2D eigenvalue weighted by molar-refractivity contribution is 0.178. The van der Waals surface area contributed by atoms with Gasteiger partial charge in [-0.2, -0.15) is 0 Å². The molecule has 0 radical (unpaired) electrons. The maximum atomic E-state index is 14.9. The highest BCUT2D eigenvalue weighted by molar-refractivity contribution is 7.90. The zero-order chi connectivity index (χ0) is 24.2. The van der Waals surface area contributed by atoms with E-state index in [1.807, 2.05) is 4.90 Å². The van der Waals surface area contributed by atoms with Gasteiger partial charge in [0.1, 0.15) is 27.2 Å². The molecule has 1 saturated heterocycles. The Morgan fingerprint density at radius 1 is 1.21 bits per heavy atom. The molecule has 1 fully saturated rings. The fourth-order valence-electron chi connectivity index (χ4n) is 3.88. The molecule has 1 aliphatic rings. The van der Waals surface area contributed by atoms with Crippen LogP contribution in [0, 0.1) is 11.6 Å². The first-order chi connectivity index (χ1) is 15.6. The number of sulfone groups is 1. The smallest absolute Gasteiger partial charge is 0.319 e. The van der Waals surface area contributed by atoms with Gasteiger partial charge in [-0.15, -0.1) is 0 Å². The Morgan fingerprint density at radius 2 is 1.85 bits per heavy atom. The van der Waals surface area contributed by atoms with Crippen molar-refractivity contribution in [3.05, 3.63) is 58.6 Å². The van der Waals surface area contributed by atoms with Crippen molar-refractivity contribution in [1.82, 2.24) is 10.2 Å². The number of hydrogen-bond acceptors (Lipinski definition) is 5. The van der Waals surface area contributed by atoms with Gasteiger partial charge in [0.25, 0.3) is 0 Å². The monoisotopic (exact) mass is 501 g/mol. The molecular weight excluding hydrogens is 476 g/mol. The van der Waals surface area contributed by atoms with Gasteiger partial charge >= 0.3 is 6.03 Å². The van der Waals surface area contributed by atoms with Gasteiger partial charge in [-0.05, 0) is 30.7 Å². The van der Waals surface area contributed by atoms with Crippen LogP contribution in [0.5, 0.6) is 5.75 Å². The van der Waals surface area contributed by atoms with Crippen LogP contribution in [0.1, 0.15) is 17.9 Å². The fraction of sp³-hybridized carbons (Fsp3) is 0.409. The third-order valence-corrected chi connectivity index (χ3v) is 6.73. The molecule has 3 rings (SSSR count). The number of halogens is 3. The fourth-order valence-corrected chi connectivity index (χ4v) is 4.60. The molecule has 2 aromatic rings. The van der Waals surface area contributed by atoms with Gasteiger partial charge in [-0.1, -0.05) is 11.6 Å². The Bertz CT molecular complexity index is 1080. The number of nitrogens with zero attached hydrogens (tertiary/aromatic N) is 1. The van der Waals surface area contributed by atoms with Crippen molar-refractivity contribution < 1.29 is 26.7 Å². The summed E-state index contributed by atoms with van der Waals surface area (Å²) in [5, 5.41) is 6.02. The first kappa shape index (κ1) is 25.2. The maximum absolute atomic E-state index is 14.9. The number of urea groups is 1. The summed E-state index contributed by atoms with van der Waals surface area (Å²) < 4.78 is 57.9. The van der Waals surface area contributed by atoms with Crippen molar-refractivity contribution in [3.63, 3.8) is 0 Å². The summed E-state index contributed by atoms with van der Waals surface area (Å²) in [5.74, 6) is -2.33. The molecule has 2 N–H and O–H groups in total. The molecule has 0 aliphatic carbocycles. The lowest BCUT2D eigenvalue weighted by Gasteiger charge is -2.39. The Balaban J connectivity index is 1.82. The molecule has 1 unspecified atom stereocenters. The highest BCUT2D eigenvalue weighted by Gasteiger charge is 2.35. The van der Waals surface area contributed by atoms with Crippen molar-refractivity contribution in [2.45, 2.75) is 18.4 Å². The number of rotatable bonds is 7. The standard InChI is InChI=1S/C22H26ClF2N3O4S/c1-32-16-11-18(24)21(19(25)12-16)17-13-28(9-10-33(2,30)31)8-7-20(17)27-22(29)26-15-5-3-14(23)4-6-15/h3-6,11-12,17,20H,7-10,13H2,1-2H3,(H2,26,27,29)/t17?,20-/m1/s1. The van der Waals surface area contributed by atoms with Crippen LogP contribution < -0.4 is 15.4 Å². The second-order valence-electron chi connectivity index (χ2n) is 8.04. The number of carbonyl (C=O) groups excluding carboxylic acids is 1. The molecule has 1 heterocycles. The third kappa shape index (κ3) is 7.02. The molecule has 11 heteroatoms. The number of benzene rings is 2. The molecule has 1 aliphatic heterocycles. The predicted molar refractivity (Wildman–Crippen MR) is 124 cm³/mol. The summed E-state index contributed by atoms with van der Waals surface area (Å²) >= 11 is 5.86. The SMILES string of the molecule is COc1cc(F)c(C2CN(CCS(C)(=O)=O)CC[C@H]2NC(=O)Nc2ccc(Cl)cc2)c(F)c1. The number of methoxy groups -OCH3 is 1. The lowest BCUT2D eigenvalue weighted by atomic mass is 9.85. The molecule has 180 valence electrons. The number of anilines is 1. The average molecular weight is 502 g/mol. The van der Waals surface area contributed by atoms with Crippen molar-refractivity contribution in [2.24, 2.45) is 0 Å². The number of nitrogens with one attached hydrogen (secondary N) is 2. The van der Waals surface area contributed by atoms with Gasteiger partial charge in [-0.3, -0.25) is 0 Å². The van der Waals surface area contributed by atoms with Crippen LogP contribution in [0.2, 0.25) is 5.02 Å². The van der Waals surface area contributed by atoms with Gasteiger partial charge in [0.15, 0.2) is 0 Å². The molecule has 2 atom stereocenters. The van der Waals surface area contributed by atoms with E-state index in [-0.39, 0.29) is 30.2 Å². The van der Waals surface area contributed by atoms with Gasteiger partial charge in [0.2, 0.25) is 0 Å². The summed E-state index contributed by atoms with van der Waals surface area (Å²) in [6.07, 6.45) is 1.52. The van der Waals surface area contributed by atoms with Crippen molar-refractivity contribution in [1.29, 1.82) is 0 Å². The maximum Gasteiger partial charge on any atom is 0.319 e. The summed E-state index contributed by atoms with van der Waals surface area (Å²) in [4.78, 5) is 14.4. The van der Waals surface area contributed by atoms with Crippen molar-refractivity contribution >= 4 is 33.2 Å². The lowest BCUT2D eigenvalue weighted by Crippen LogP contribution is -2.51. The van der Waals surface area contributed by atoms with E-state index in [9.17, 15) is 22.0 Å². The van der Waals surface area contributed by atoms with Crippen molar-refractivity contribution in [2.75, 3.05) is 44.1 Å². The number of carbonyl (C=O) groups is 1. The zero-order valence-corrected chi connectivity index (χ0v) is 19.8. The Labute approximate surface area is 197 Å². The third-order valence-electron chi connectivity index (χ3n) is 5.55. The molecule has 0 saturated carbocycles. The summed E-state index contributed by atoms with van der Waals surface area (Å²) in [7, 11) is -1.88. The van der Waals surface area contributed by atoms with E-state index in [1.165, 1.54) is 7.11 Å². The second-order valence-corrected chi connectivity index (χ2v) is 10.7. The van der Waals surface area contributed by atoms with Crippen LogP contribution in [-0.4, -0.2) is 64.1 Å².